The molecule has 0 unspecified atom stereocenters. The summed E-state index contributed by atoms with van der Waals surface area (Å²) in [4.78, 5) is 10.4. The zero-order chi connectivity index (χ0) is 11.5. The fourth-order valence-corrected chi connectivity index (χ4v) is 1.71. The maximum Gasteiger partial charge on any atom is 0.303 e. The second-order valence-corrected chi connectivity index (χ2v) is 3.85. The van der Waals surface area contributed by atoms with Crippen LogP contribution in [0.25, 0.3) is 11.0 Å². The molecule has 1 aromatic carbocycles. The molecule has 84 valence electrons. The molecule has 4 heteroatoms. The number of benzene rings is 1. The van der Waals surface area contributed by atoms with Crippen LogP contribution in [-0.2, 0) is 11.2 Å². The van der Waals surface area contributed by atoms with Gasteiger partial charge in [-0.25, -0.2) is 0 Å². The van der Waals surface area contributed by atoms with Crippen molar-refractivity contribution in [3.8, 4) is 0 Å². The lowest BCUT2D eigenvalue weighted by Crippen LogP contribution is -1.95. The number of nitrogens with zero attached hydrogens (tertiary/aromatic N) is 1. The smallest absolute Gasteiger partial charge is 0.303 e. The third-order valence-electron chi connectivity index (χ3n) is 2.57. The Morgan fingerprint density at radius 2 is 2.31 bits per heavy atom. The Morgan fingerprint density at radius 1 is 1.50 bits per heavy atom. The highest BCUT2D eigenvalue weighted by Crippen LogP contribution is 2.20. The van der Waals surface area contributed by atoms with Crippen LogP contribution in [0.2, 0.25) is 0 Å². The summed E-state index contributed by atoms with van der Waals surface area (Å²) in [5, 5.41) is 13.4. The van der Waals surface area contributed by atoms with Crippen LogP contribution >= 0.6 is 0 Å². The summed E-state index contributed by atoms with van der Waals surface area (Å²) in [6.07, 6.45) is 1.64. The Morgan fingerprint density at radius 3 is 3.06 bits per heavy atom. The largest absolute Gasteiger partial charge is 0.481 e. The van der Waals surface area contributed by atoms with E-state index in [1.165, 1.54) is 0 Å². The predicted octanol–water partition coefficient (Wildman–Crippen LogP) is 2.54. The molecule has 0 bridgehead atoms. The van der Waals surface area contributed by atoms with E-state index in [1.807, 2.05) is 25.1 Å². The van der Waals surface area contributed by atoms with Crippen LogP contribution in [0.3, 0.4) is 0 Å². The molecule has 0 aliphatic rings. The van der Waals surface area contributed by atoms with Gasteiger partial charge in [0.15, 0.2) is 5.58 Å². The number of hydrogen-bond acceptors (Lipinski definition) is 3. The summed E-state index contributed by atoms with van der Waals surface area (Å²) in [5.41, 5.74) is 2.77. The van der Waals surface area contributed by atoms with Crippen LogP contribution in [0.15, 0.2) is 22.7 Å². The molecule has 0 spiro atoms. The van der Waals surface area contributed by atoms with E-state index >= 15 is 0 Å². The minimum Gasteiger partial charge on any atom is -0.481 e. The molecule has 0 fully saturated rings. The van der Waals surface area contributed by atoms with Gasteiger partial charge in [-0.05, 0) is 37.5 Å². The Balaban J connectivity index is 2.12. The molecule has 4 nitrogen and oxygen atoms in total. The molecule has 0 saturated heterocycles. The highest BCUT2D eigenvalue weighted by atomic mass is 16.5. The zero-order valence-electron chi connectivity index (χ0n) is 9.06. The van der Waals surface area contributed by atoms with Crippen molar-refractivity contribution >= 4 is 16.9 Å². The molecule has 0 aliphatic carbocycles. The maximum absolute atomic E-state index is 10.4. The van der Waals surface area contributed by atoms with Crippen molar-refractivity contribution in [2.24, 2.45) is 0 Å². The summed E-state index contributed by atoms with van der Waals surface area (Å²) in [5.74, 6) is -0.748. The number of carbonyl (C=O) groups is 1. The van der Waals surface area contributed by atoms with Gasteiger partial charge in [-0.2, -0.15) is 0 Å². The second-order valence-electron chi connectivity index (χ2n) is 3.85. The van der Waals surface area contributed by atoms with Crippen molar-refractivity contribution in [1.29, 1.82) is 0 Å². The molecule has 1 aromatic heterocycles. The lowest BCUT2D eigenvalue weighted by molar-refractivity contribution is -0.137. The van der Waals surface area contributed by atoms with Crippen molar-refractivity contribution in [3.63, 3.8) is 0 Å². The molecule has 1 N–H and O–H groups in total. The summed E-state index contributed by atoms with van der Waals surface area (Å²) in [7, 11) is 0. The number of fused-ring (bicyclic) bond motifs is 1. The first-order chi connectivity index (χ1) is 7.66. The second kappa shape index (κ2) is 4.35. The number of aromatic nitrogens is 1. The fraction of sp³-hybridized carbons (Fsp3) is 0.333. The van der Waals surface area contributed by atoms with Crippen LogP contribution in [-0.4, -0.2) is 16.2 Å². The molecule has 2 rings (SSSR count). The van der Waals surface area contributed by atoms with Crippen molar-refractivity contribution in [2.75, 3.05) is 0 Å². The Kier molecular flexibility index (Phi) is 2.90. The lowest BCUT2D eigenvalue weighted by Gasteiger charge is -1.99. The van der Waals surface area contributed by atoms with E-state index in [2.05, 4.69) is 5.16 Å². The molecule has 0 radical (unpaired) electrons. The first kappa shape index (κ1) is 10.7. The average Bonchev–Trinajstić information content (AvgIpc) is 2.60. The molecule has 2 aromatic rings. The number of aryl methyl sites for hydroxylation is 2. The lowest BCUT2D eigenvalue weighted by atomic mass is 10.1. The number of hydrogen-bond donors (Lipinski definition) is 1. The minimum absolute atomic E-state index is 0.209. The van der Waals surface area contributed by atoms with Gasteiger partial charge in [-0.3, -0.25) is 4.79 Å². The van der Waals surface area contributed by atoms with E-state index in [9.17, 15) is 4.79 Å². The third kappa shape index (κ3) is 2.21. The summed E-state index contributed by atoms with van der Waals surface area (Å²) in [6, 6.07) is 5.85. The highest BCUT2D eigenvalue weighted by Gasteiger charge is 2.05. The first-order valence-corrected chi connectivity index (χ1v) is 5.23. The SMILES string of the molecule is Cc1noc2ccc(CCCC(=O)O)cc12. The highest BCUT2D eigenvalue weighted by molar-refractivity contribution is 5.79. The van der Waals surface area contributed by atoms with Crippen molar-refractivity contribution in [1.82, 2.24) is 5.16 Å². The van der Waals surface area contributed by atoms with Crippen LogP contribution < -0.4 is 0 Å². The summed E-state index contributed by atoms with van der Waals surface area (Å²) in [6.45, 7) is 1.90. The van der Waals surface area contributed by atoms with Crippen LogP contribution in [0.5, 0.6) is 0 Å². The fourth-order valence-electron chi connectivity index (χ4n) is 1.71. The van der Waals surface area contributed by atoms with Crippen LogP contribution in [0, 0.1) is 6.92 Å². The molecule has 0 atom stereocenters. The van der Waals surface area contributed by atoms with Gasteiger partial charge in [0.1, 0.15) is 0 Å². The first-order valence-electron chi connectivity index (χ1n) is 5.23. The van der Waals surface area contributed by atoms with Crippen molar-refractivity contribution in [3.05, 3.63) is 29.5 Å². The van der Waals surface area contributed by atoms with Gasteiger partial charge < -0.3 is 9.63 Å². The normalized spacial score (nSPS) is 10.8. The quantitative estimate of drug-likeness (QED) is 0.858. The van der Waals surface area contributed by atoms with Gasteiger partial charge in [-0.1, -0.05) is 11.2 Å². The molecule has 16 heavy (non-hydrogen) atoms. The van der Waals surface area contributed by atoms with E-state index in [-0.39, 0.29) is 6.42 Å². The van der Waals surface area contributed by atoms with Gasteiger partial charge in [0, 0.05) is 11.8 Å². The minimum atomic E-state index is -0.748. The predicted molar refractivity (Wildman–Crippen MR) is 59.3 cm³/mol. The standard InChI is InChI=1S/C12H13NO3/c1-8-10-7-9(3-2-4-12(14)15)5-6-11(10)16-13-8/h5-7H,2-4H2,1H3,(H,14,15). The van der Waals surface area contributed by atoms with Gasteiger partial charge >= 0.3 is 5.97 Å². The van der Waals surface area contributed by atoms with Gasteiger partial charge in [-0.15, -0.1) is 0 Å². The van der Waals surface area contributed by atoms with E-state index in [0.717, 1.165) is 28.6 Å². The monoisotopic (exact) mass is 219 g/mol. The zero-order valence-corrected chi connectivity index (χ0v) is 9.06. The van der Waals surface area contributed by atoms with Crippen LogP contribution in [0.1, 0.15) is 24.1 Å². The van der Waals surface area contributed by atoms with Crippen LogP contribution in [0.4, 0.5) is 0 Å². The third-order valence-corrected chi connectivity index (χ3v) is 2.57. The number of aliphatic carboxylic acids is 1. The van der Waals surface area contributed by atoms with Crippen molar-refractivity contribution in [2.45, 2.75) is 26.2 Å². The van der Waals surface area contributed by atoms with E-state index < -0.39 is 5.97 Å². The Bertz CT molecular complexity index is 516. The molecular formula is C12H13NO3. The van der Waals surface area contributed by atoms with E-state index in [1.54, 1.807) is 0 Å². The average molecular weight is 219 g/mol. The number of carboxylic acid groups (broad SMARTS) is 1. The molecule has 0 amide bonds. The van der Waals surface area contributed by atoms with Gasteiger partial charge in [0.25, 0.3) is 0 Å². The maximum atomic E-state index is 10.4. The van der Waals surface area contributed by atoms with E-state index in [4.69, 9.17) is 9.63 Å². The topological polar surface area (TPSA) is 63.3 Å². The van der Waals surface area contributed by atoms with Crippen molar-refractivity contribution < 1.29 is 14.4 Å². The molecule has 0 saturated carbocycles. The molecular weight excluding hydrogens is 206 g/mol. The summed E-state index contributed by atoms with van der Waals surface area (Å²) >= 11 is 0. The molecule has 0 aliphatic heterocycles. The Labute approximate surface area is 92.9 Å². The van der Waals surface area contributed by atoms with Gasteiger partial charge in [0.05, 0.1) is 5.69 Å². The van der Waals surface area contributed by atoms with E-state index in [0.29, 0.717) is 6.42 Å². The molecule has 1 heterocycles. The number of rotatable bonds is 4. The summed E-state index contributed by atoms with van der Waals surface area (Å²) < 4.78 is 5.10. The Hall–Kier alpha value is -1.84. The van der Waals surface area contributed by atoms with Gasteiger partial charge in [0.2, 0.25) is 0 Å². The number of carboxylic acids is 1.